The average Bonchev–Trinajstić information content (AvgIpc) is 2.28. The van der Waals surface area contributed by atoms with Gasteiger partial charge in [0.05, 0.1) is 5.52 Å². The second-order valence-electron chi connectivity index (χ2n) is 3.42. The summed E-state index contributed by atoms with van der Waals surface area (Å²) < 4.78 is 25.3. The summed E-state index contributed by atoms with van der Waals surface area (Å²) in [7, 11) is 0. The normalized spacial score (nSPS) is 11.1. The summed E-state index contributed by atoms with van der Waals surface area (Å²) in [6.07, 6.45) is -2.70. The van der Waals surface area contributed by atoms with Crippen LogP contribution in [0.4, 0.5) is 14.6 Å². The molecule has 0 radical (unpaired) electrons. The Labute approximate surface area is 102 Å². The van der Waals surface area contributed by atoms with Crippen molar-refractivity contribution in [2.45, 2.75) is 13.3 Å². The molecule has 0 unspecified atom stereocenters. The smallest absolute Gasteiger partial charge is 0.297 e. The van der Waals surface area contributed by atoms with Gasteiger partial charge in [0.2, 0.25) is 0 Å². The van der Waals surface area contributed by atoms with E-state index >= 15 is 0 Å². The van der Waals surface area contributed by atoms with Gasteiger partial charge < -0.3 is 5.32 Å². The number of fused-ring (bicyclic) bond motifs is 1. The number of aromatic nitrogens is 2. The van der Waals surface area contributed by atoms with Gasteiger partial charge in [-0.15, -0.1) is 0 Å². The van der Waals surface area contributed by atoms with E-state index in [1.165, 1.54) is 0 Å². The zero-order valence-corrected chi connectivity index (χ0v) is 9.80. The van der Waals surface area contributed by atoms with E-state index in [9.17, 15) is 8.78 Å². The lowest BCUT2D eigenvalue weighted by atomic mass is 10.2. The predicted molar refractivity (Wildman–Crippen MR) is 63.7 cm³/mol. The monoisotopic (exact) mass is 257 g/mol. The van der Waals surface area contributed by atoms with Crippen molar-refractivity contribution in [2.75, 3.05) is 11.9 Å². The summed E-state index contributed by atoms with van der Waals surface area (Å²) in [6, 6.07) is 4.94. The van der Waals surface area contributed by atoms with E-state index < -0.39 is 12.2 Å². The minimum atomic E-state index is -2.70. The first-order valence-electron chi connectivity index (χ1n) is 5.11. The van der Waals surface area contributed by atoms with Gasteiger partial charge >= 0.3 is 0 Å². The number of nitrogens with one attached hydrogen (secondary N) is 1. The van der Waals surface area contributed by atoms with Crippen LogP contribution in [0.2, 0.25) is 5.02 Å². The number of alkyl halides is 2. The van der Waals surface area contributed by atoms with Gasteiger partial charge in [0.1, 0.15) is 5.82 Å². The Morgan fingerprint density at radius 1 is 1.35 bits per heavy atom. The Hall–Kier alpha value is -1.49. The molecule has 1 N–H and O–H groups in total. The number of nitrogens with zero attached hydrogens (tertiary/aromatic N) is 2. The van der Waals surface area contributed by atoms with E-state index in [1.54, 1.807) is 18.2 Å². The largest absolute Gasteiger partial charge is 0.370 e. The second kappa shape index (κ2) is 4.79. The molecular weight excluding hydrogens is 248 g/mol. The maximum atomic E-state index is 12.6. The lowest BCUT2D eigenvalue weighted by Gasteiger charge is -2.09. The molecule has 2 aromatic rings. The van der Waals surface area contributed by atoms with Crippen LogP contribution in [0.5, 0.6) is 0 Å². The molecule has 0 bridgehead atoms. The van der Waals surface area contributed by atoms with Crippen molar-refractivity contribution < 1.29 is 8.78 Å². The minimum absolute atomic E-state index is 0.407. The third-order valence-electron chi connectivity index (χ3n) is 2.22. The third kappa shape index (κ3) is 2.44. The molecule has 17 heavy (non-hydrogen) atoms. The average molecular weight is 258 g/mol. The zero-order valence-electron chi connectivity index (χ0n) is 9.04. The highest BCUT2D eigenvalue weighted by Crippen LogP contribution is 2.26. The Bertz CT molecular complexity index is 545. The number of halogens is 3. The van der Waals surface area contributed by atoms with Gasteiger partial charge in [-0.2, -0.15) is 0 Å². The molecule has 1 heterocycles. The molecule has 1 aromatic heterocycles. The van der Waals surface area contributed by atoms with Gasteiger partial charge in [0, 0.05) is 17.0 Å². The molecule has 3 nitrogen and oxygen atoms in total. The molecule has 0 aliphatic heterocycles. The van der Waals surface area contributed by atoms with E-state index in [1.807, 2.05) is 6.92 Å². The fourth-order valence-corrected chi connectivity index (χ4v) is 1.69. The van der Waals surface area contributed by atoms with Crippen LogP contribution in [0.15, 0.2) is 18.2 Å². The van der Waals surface area contributed by atoms with E-state index in [0.717, 1.165) is 0 Å². The molecule has 0 saturated heterocycles. The minimum Gasteiger partial charge on any atom is -0.370 e. The van der Waals surface area contributed by atoms with E-state index in [-0.39, 0.29) is 0 Å². The van der Waals surface area contributed by atoms with Gasteiger partial charge in [0.15, 0.2) is 5.82 Å². The fraction of sp³-hybridized carbons (Fsp3) is 0.273. The Kier molecular flexibility index (Phi) is 3.38. The summed E-state index contributed by atoms with van der Waals surface area (Å²) in [6.45, 7) is 2.46. The van der Waals surface area contributed by atoms with Crippen LogP contribution >= 0.6 is 11.6 Å². The van der Waals surface area contributed by atoms with Gasteiger partial charge in [-0.05, 0) is 25.1 Å². The highest BCUT2D eigenvalue weighted by atomic mass is 35.5. The van der Waals surface area contributed by atoms with Crippen LogP contribution in [-0.4, -0.2) is 16.5 Å². The van der Waals surface area contributed by atoms with Gasteiger partial charge in [0.25, 0.3) is 6.43 Å². The van der Waals surface area contributed by atoms with Crippen molar-refractivity contribution >= 4 is 28.3 Å². The highest BCUT2D eigenvalue weighted by Gasteiger charge is 2.14. The first-order chi connectivity index (χ1) is 8.11. The highest BCUT2D eigenvalue weighted by molar-refractivity contribution is 6.31. The standard InChI is InChI=1S/C11H10ClF2N3/c1-2-15-10-7-4-3-6(12)5-8(7)16-11(17-10)9(13)14/h3-5,9H,2H2,1H3,(H,15,16,17). The maximum absolute atomic E-state index is 12.6. The molecule has 1 aromatic carbocycles. The van der Waals surface area contributed by atoms with Crippen molar-refractivity contribution in [3.63, 3.8) is 0 Å². The predicted octanol–water partition coefficient (Wildman–Crippen LogP) is 3.65. The molecule has 90 valence electrons. The van der Waals surface area contributed by atoms with Crippen LogP contribution in [0.25, 0.3) is 10.9 Å². The number of benzene rings is 1. The number of rotatable bonds is 3. The van der Waals surface area contributed by atoms with Crippen LogP contribution in [0, 0.1) is 0 Å². The maximum Gasteiger partial charge on any atom is 0.297 e. The van der Waals surface area contributed by atoms with Crippen molar-refractivity contribution in [1.82, 2.24) is 9.97 Å². The van der Waals surface area contributed by atoms with Gasteiger partial charge in [-0.3, -0.25) is 0 Å². The Balaban J connectivity index is 2.67. The second-order valence-corrected chi connectivity index (χ2v) is 3.86. The lowest BCUT2D eigenvalue weighted by molar-refractivity contribution is 0.141. The number of hydrogen-bond acceptors (Lipinski definition) is 3. The molecular formula is C11H10ClF2N3. The molecule has 0 spiro atoms. The van der Waals surface area contributed by atoms with E-state index in [0.29, 0.717) is 28.3 Å². The summed E-state index contributed by atoms with van der Waals surface area (Å²) in [5.41, 5.74) is 0.416. The molecule has 0 atom stereocenters. The molecule has 2 rings (SSSR count). The first kappa shape index (κ1) is 12.0. The Morgan fingerprint density at radius 2 is 2.12 bits per heavy atom. The quantitative estimate of drug-likeness (QED) is 0.912. The zero-order chi connectivity index (χ0) is 12.4. The molecule has 0 aliphatic carbocycles. The summed E-state index contributed by atoms with van der Waals surface area (Å²) in [5, 5.41) is 4.08. The molecule has 0 fully saturated rings. The molecule has 0 aliphatic rings. The summed E-state index contributed by atoms with van der Waals surface area (Å²) in [4.78, 5) is 7.60. The summed E-state index contributed by atoms with van der Waals surface area (Å²) >= 11 is 5.81. The molecule has 0 amide bonds. The van der Waals surface area contributed by atoms with Crippen LogP contribution in [0.3, 0.4) is 0 Å². The van der Waals surface area contributed by atoms with Crippen molar-refractivity contribution in [2.24, 2.45) is 0 Å². The Morgan fingerprint density at radius 3 is 2.76 bits per heavy atom. The topological polar surface area (TPSA) is 37.8 Å². The first-order valence-corrected chi connectivity index (χ1v) is 5.49. The molecule has 0 saturated carbocycles. The van der Waals surface area contributed by atoms with Crippen molar-refractivity contribution in [1.29, 1.82) is 0 Å². The van der Waals surface area contributed by atoms with Crippen LogP contribution < -0.4 is 5.32 Å². The van der Waals surface area contributed by atoms with Crippen LogP contribution in [0.1, 0.15) is 19.2 Å². The van der Waals surface area contributed by atoms with E-state index in [2.05, 4.69) is 15.3 Å². The van der Waals surface area contributed by atoms with Gasteiger partial charge in [-0.1, -0.05) is 11.6 Å². The molecule has 6 heteroatoms. The van der Waals surface area contributed by atoms with Crippen molar-refractivity contribution in [3.05, 3.63) is 29.0 Å². The fourth-order valence-electron chi connectivity index (χ4n) is 1.52. The van der Waals surface area contributed by atoms with Crippen LogP contribution in [-0.2, 0) is 0 Å². The number of hydrogen-bond donors (Lipinski definition) is 1. The van der Waals surface area contributed by atoms with Crippen molar-refractivity contribution in [3.8, 4) is 0 Å². The van der Waals surface area contributed by atoms with Gasteiger partial charge in [-0.25, -0.2) is 18.7 Å². The summed E-state index contributed by atoms with van der Waals surface area (Å²) in [5.74, 6) is -0.0832. The SMILES string of the molecule is CCNc1nc(C(F)F)nc2cc(Cl)ccc12. The number of anilines is 1. The lowest BCUT2D eigenvalue weighted by Crippen LogP contribution is -2.05. The van der Waals surface area contributed by atoms with E-state index in [4.69, 9.17) is 11.6 Å². The third-order valence-corrected chi connectivity index (χ3v) is 2.45.